The van der Waals surface area contributed by atoms with E-state index in [4.69, 9.17) is 4.74 Å². The van der Waals surface area contributed by atoms with Gasteiger partial charge in [0.2, 0.25) is 0 Å². The van der Waals surface area contributed by atoms with Crippen molar-refractivity contribution in [3.05, 3.63) is 0 Å². The number of alkyl halides is 3. The molecule has 0 bridgehead atoms. The predicted octanol–water partition coefficient (Wildman–Crippen LogP) is 1.98. The van der Waals surface area contributed by atoms with Crippen molar-refractivity contribution in [1.82, 2.24) is 15.5 Å². The van der Waals surface area contributed by atoms with Crippen molar-refractivity contribution in [3.63, 3.8) is 0 Å². The average molecular weight is 450 g/mol. The number of rotatable bonds is 5. The van der Waals surface area contributed by atoms with Crippen LogP contribution < -0.4 is 10.6 Å². The Kier molecular flexibility index (Phi) is 8.91. The van der Waals surface area contributed by atoms with Gasteiger partial charge in [0.1, 0.15) is 0 Å². The molecule has 2 aliphatic heterocycles. The van der Waals surface area contributed by atoms with Crippen molar-refractivity contribution in [2.75, 3.05) is 39.8 Å². The van der Waals surface area contributed by atoms with Gasteiger partial charge in [-0.1, -0.05) is 0 Å². The Bertz CT molecular complexity index is 376. The van der Waals surface area contributed by atoms with Gasteiger partial charge in [-0.2, -0.15) is 13.2 Å². The first-order valence-corrected chi connectivity index (χ1v) is 7.84. The molecule has 2 rings (SSSR count). The van der Waals surface area contributed by atoms with Gasteiger partial charge in [0.25, 0.3) is 0 Å². The summed E-state index contributed by atoms with van der Waals surface area (Å²) in [5, 5.41) is 6.40. The first-order valence-electron chi connectivity index (χ1n) is 7.84. The predicted molar refractivity (Wildman–Crippen MR) is 94.4 cm³/mol. The van der Waals surface area contributed by atoms with Crippen LogP contribution in [0.1, 0.15) is 25.7 Å². The van der Waals surface area contributed by atoms with Gasteiger partial charge in [0, 0.05) is 39.3 Å². The third-order valence-corrected chi connectivity index (χ3v) is 4.02. The molecule has 2 unspecified atom stereocenters. The fraction of sp³-hybridized carbons (Fsp3) is 0.929. The van der Waals surface area contributed by atoms with Crippen LogP contribution in [0.3, 0.4) is 0 Å². The molecular weight excluding hydrogens is 424 g/mol. The topological polar surface area (TPSA) is 48.9 Å². The van der Waals surface area contributed by atoms with Gasteiger partial charge in [-0.3, -0.25) is 9.89 Å². The van der Waals surface area contributed by atoms with Crippen molar-refractivity contribution in [2.45, 2.75) is 44.0 Å². The molecule has 2 N–H and O–H groups in total. The molecule has 0 saturated carbocycles. The molecule has 0 amide bonds. The monoisotopic (exact) mass is 450 g/mol. The van der Waals surface area contributed by atoms with E-state index in [0.717, 1.165) is 32.4 Å². The number of hydrogen-bond acceptors (Lipinski definition) is 3. The zero-order valence-electron chi connectivity index (χ0n) is 13.4. The van der Waals surface area contributed by atoms with E-state index in [1.165, 1.54) is 4.90 Å². The number of hydrogen-bond donors (Lipinski definition) is 2. The number of ether oxygens (including phenoxy) is 1. The van der Waals surface area contributed by atoms with Crippen LogP contribution in [0, 0.1) is 0 Å². The molecule has 0 aromatic rings. The molecule has 2 aliphatic rings. The summed E-state index contributed by atoms with van der Waals surface area (Å²) < 4.78 is 42.7. The summed E-state index contributed by atoms with van der Waals surface area (Å²) in [5.41, 5.74) is 0. The van der Waals surface area contributed by atoms with E-state index in [2.05, 4.69) is 15.6 Å². The highest BCUT2D eigenvalue weighted by atomic mass is 127. The lowest BCUT2D eigenvalue weighted by atomic mass is 10.2. The fourth-order valence-electron chi connectivity index (χ4n) is 2.96. The van der Waals surface area contributed by atoms with Crippen LogP contribution in [0.25, 0.3) is 0 Å². The Morgan fingerprint density at radius 1 is 1.35 bits per heavy atom. The molecule has 23 heavy (non-hydrogen) atoms. The number of guanidine groups is 1. The van der Waals surface area contributed by atoms with Crippen LogP contribution >= 0.6 is 24.0 Å². The highest BCUT2D eigenvalue weighted by Gasteiger charge is 2.34. The van der Waals surface area contributed by atoms with Gasteiger partial charge in [0.15, 0.2) is 5.96 Å². The Morgan fingerprint density at radius 2 is 2.13 bits per heavy atom. The molecule has 0 radical (unpaired) electrons. The third-order valence-electron chi connectivity index (χ3n) is 4.02. The van der Waals surface area contributed by atoms with Gasteiger partial charge in [-0.25, -0.2) is 0 Å². The minimum atomic E-state index is -4.13. The second-order valence-corrected chi connectivity index (χ2v) is 5.90. The molecule has 2 saturated heterocycles. The lowest BCUT2D eigenvalue weighted by Crippen LogP contribution is -2.45. The standard InChI is InChI=1S/C14H25F3N4O.HI/c1-18-13(19-6-4-12-3-2-8-22-12)20-11-5-7-21(9-11)10-14(15,16)17;/h11-12H,2-10H2,1H3,(H2,18,19,20);1H. The largest absolute Gasteiger partial charge is 0.401 e. The molecule has 0 aromatic carbocycles. The second kappa shape index (κ2) is 9.87. The lowest BCUT2D eigenvalue weighted by Gasteiger charge is -2.20. The van der Waals surface area contributed by atoms with Crippen molar-refractivity contribution in [1.29, 1.82) is 0 Å². The van der Waals surface area contributed by atoms with Crippen LogP contribution in [-0.4, -0.2) is 69.0 Å². The quantitative estimate of drug-likeness (QED) is 0.382. The molecule has 2 fully saturated rings. The van der Waals surface area contributed by atoms with E-state index >= 15 is 0 Å². The van der Waals surface area contributed by atoms with Crippen molar-refractivity contribution >= 4 is 29.9 Å². The third kappa shape index (κ3) is 7.88. The maximum absolute atomic E-state index is 12.4. The summed E-state index contributed by atoms with van der Waals surface area (Å²) >= 11 is 0. The SMILES string of the molecule is CN=C(NCCC1CCCO1)NC1CCN(CC(F)(F)F)C1.I. The fourth-order valence-corrected chi connectivity index (χ4v) is 2.96. The van der Waals surface area contributed by atoms with Crippen molar-refractivity contribution in [2.24, 2.45) is 4.99 Å². The Morgan fingerprint density at radius 3 is 2.74 bits per heavy atom. The van der Waals surface area contributed by atoms with Crippen LogP contribution in [0.4, 0.5) is 13.2 Å². The molecule has 2 atom stereocenters. The Hall–Kier alpha value is -0.290. The van der Waals surface area contributed by atoms with E-state index in [9.17, 15) is 13.2 Å². The van der Waals surface area contributed by atoms with E-state index < -0.39 is 12.7 Å². The minimum Gasteiger partial charge on any atom is -0.378 e. The van der Waals surface area contributed by atoms with E-state index in [1.54, 1.807) is 7.05 Å². The highest BCUT2D eigenvalue weighted by Crippen LogP contribution is 2.20. The summed E-state index contributed by atoms with van der Waals surface area (Å²) in [7, 11) is 1.67. The summed E-state index contributed by atoms with van der Waals surface area (Å²) in [4.78, 5) is 5.56. The first-order chi connectivity index (χ1) is 10.5. The summed E-state index contributed by atoms with van der Waals surface area (Å²) in [6, 6.07) is 0.0104. The van der Waals surface area contributed by atoms with E-state index in [0.29, 0.717) is 31.6 Å². The molecule has 0 spiro atoms. The number of nitrogens with zero attached hydrogens (tertiary/aromatic N) is 2. The highest BCUT2D eigenvalue weighted by molar-refractivity contribution is 14.0. The molecule has 2 heterocycles. The van der Waals surface area contributed by atoms with Crippen LogP contribution in [0.5, 0.6) is 0 Å². The van der Waals surface area contributed by atoms with Gasteiger partial charge in [-0.15, -0.1) is 24.0 Å². The molecular formula is C14H26F3IN4O. The molecule has 0 aromatic heterocycles. The van der Waals surface area contributed by atoms with E-state index in [1.807, 2.05) is 0 Å². The maximum atomic E-state index is 12.4. The summed E-state index contributed by atoms with van der Waals surface area (Å²) in [6.45, 7) is 1.62. The first kappa shape index (κ1) is 20.8. The van der Waals surface area contributed by atoms with Gasteiger partial charge < -0.3 is 15.4 Å². The zero-order valence-corrected chi connectivity index (χ0v) is 15.7. The van der Waals surface area contributed by atoms with Crippen molar-refractivity contribution < 1.29 is 17.9 Å². The van der Waals surface area contributed by atoms with Crippen LogP contribution in [0.15, 0.2) is 4.99 Å². The zero-order chi connectivity index (χ0) is 16.0. The Balaban J connectivity index is 0.00000264. The molecule has 136 valence electrons. The Labute approximate surface area is 152 Å². The summed E-state index contributed by atoms with van der Waals surface area (Å²) in [5.74, 6) is 0.650. The summed E-state index contributed by atoms with van der Waals surface area (Å²) in [6.07, 6.45) is 0.0288. The van der Waals surface area contributed by atoms with Gasteiger partial charge in [-0.05, 0) is 25.7 Å². The van der Waals surface area contributed by atoms with Crippen LogP contribution in [0.2, 0.25) is 0 Å². The van der Waals surface area contributed by atoms with E-state index in [-0.39, 0.29) is 30.0 Å². The number of aliphatic imine (C=N–C) groups is 1. The molecule has 0 aliphatic carbocycles. The number of halogens is 4. The van der Waals surface area contributed by atoms with Crippen molar-refractivity contribution in [3.8, 4) is 0 Å². The van der Waals surface area contributed by atoms with Gasteiger partial charge >= 0.3 is 6.18 Å². The van der Waals surface area contributed by atoms with Crippen LogP contribution in [-0.2, 0) is 4.74 Å². The molecule has 9 heteroatoms. The second-order valence-electron chi connectivity index (χ2n) is 5.90. The smallest absolute Gasteiger partial charge is 0.378 e. The number of likely N-dealkylation sites (tertiary alicyclic amines) is 1. The maximum Gasteiger partial charge on any atom is 0.401 e. The van der Waals surface area contributed by atoms with Gasteiger partial charge in [0.05, 0.1) is 12.6 Å². The average Bonchev–Trinajstić information content (AvgIpc) is 3.08. The number of nitrogens with one attached hydrogen (secondary N) is 2. The minimum absolute atomic E-state index is 0. The lowest BCUT2D eigenvalue weighted by molar-refractivity contribution is -0.143. The molecule has 5 nitrogen and oxygen atoms in total. The normalized spacial score (nSPS) is 26.2.